The monoisotopic (exact) mass is 392 g/mol. The summed E-state index contributed by atoms with van der Waals surface area (Å²) >= 11 is 0. The van der Waals surface area contributed by atoms with Gasteiger partial charge < -0.3 is 14.6 Å². The summed E-state index contributed by atoms with van der Waals surface area (Å²) < 4.78 is 11.2. The summed E-state index contributed by atoms with van der Waals surface area (Å²) in [5.41, 5.74) is 0.157. The lowest BCUT2D eigenvalue weighted by atomic mass is 9.44. The molecule has 4 rings (SSSR count). The molecule has 0 amide bonds. The van der Waals surface area contributed by atoms with E-state index < -0.39 is 0 Å². The highest BCUT2D eigenvalue weighted by Crippen LogP contribution is 2.66. The van der Waals surface area contributed by atoms with E-state index in [1.807, 2.05) is 0 Å². The van der Waals surface area contributed by atoms with Crippen LogP contribution in [0.15, 0.2) is 0 Å². The van der Waals surface area contributed by atoms with Gasteiger partial charge in [0.25, 0.3) is 0 Å². The van der Waals surface area contributed by atoms with Gasteiger partial charge in [-0.25, -0.2) is 0 Å². The Kier molecular flexibility index (Phi) is 5.05. The summed E-state index contributed by atoms with van der Waals surface area (Å²) in [7, 11) is 0. The smallest absolute Gasteiger partial charge is 0.302 e. The Balaban J connectivity index is 1.55. The Morgan fingerprint density at radius 3 is 2.14 bits per heavy atom. The van der Waals surface area contributed by atoms with Crippen LogP contribution in [0, 0.1) is 34.5 Å². The van der Waals surface area contributed by atoms with Crippen LogP contribution in [0.3, 0.4) is 0 Å². The molecule has 5 heteroatoms. The van der Waals surface area contributed by atoms with E-state index in [-0.39, 0.29) is 47.0 Å². The minimum absolute atomic E-state index is 0.0262. The topological polar surface area (TPSA) is 72.8 Å². The van der Waals surface area contributed by atoms with Crippen LogP contribution in [0.2, 0.25) is 0 Å². The van der Waals surface area contributed by atoms with Crippen LogP contribution >= 0.6 is 0 Å². The molecule has 1 N–H and O–H groups in total. The first kappa shape index (κ1) is 20.2. The summed E-state index contributed by atoms with van der Waals surface area (Å²) in [6.45, 7) is 7.68. The highest BCUT2D eigenvalue weighted by atomic mass is 16.5. The molecule has 0 unspecified atom stereocenters. The van der Waals surface area contributed by atoms with Gasteiger partial charge in [0.05, 0.1) is 6.10 Å². The van der Waals surface area contributed by atoms with Gasteiger partial charge >= 0.3 is 11.9 Å². The lowest BCUT2D eigenvalue weighted by Gasteiger charge is -2.62. The van der Waals surface area contributed by atoms with E-state index in [0.717, 1.165) is 51.4 Å². The zero-order valence-corrected chi connectivity index (χ0v) is 17.8. The Hall–Kier alpha value is -1.10. The van der Waals surface area contributed by atoms with E-state index in [2.05, 4.69) is 13.8 Å². The first-order chi connectivity index (χ1) is 13.1. The van der Waals surface area contributed by atoms with Gasteiger partial charge in [0.1, 0.15) is 12.2 Å². The van der Waals surface area contributed by atoms with Crippen LogP contribution in [0.4, 0.5) is 0 Å². The quantitative estimate of drug-likeness (QED) is 0.723. The third-order valence-corrected chi connectivity index (χ3v) is 9.19. The first-order valence-electron chi connectivity index (χ1n) is 11.2. The SMILES string of the molecule is CC(=O)O[C@H]1CC[C@]2(C)[C@@H]3CC[C@]4(C)[C@@H](OC(C)=O)CC[C@@H]4[C@@H]3C[C@H](O)[C@H]2C1. The standard InChI is InChI=1S/C23H36O5/c1-13(24)27-15-7-9-22(3)18-8-10-23(4)17(5-6-21(23)28-14(2)25)16(18)12-20(26)19(22)11-15/h15-21,26H,5-12H2,1-4H3/t15-,16-,17+,18+,19+,20-,21-,22+,23-/m0/s1. The third kappa shape index (κ3) is 3.09. The number of carbonyl (C=O) groups is 2. The van der Waals surface area contributed by atoms with Crippen LogP contribution in [-0.4, -0.2) is 35.4 Å². The van der Waals surface area contributed by atoms with E-state index in [1.54, 1.807) is 0 Å². The normalized spacial score (nSPS) is 50.1. The molecule has 28 heavy (non-hydrogen) atoms. The van der Waals surface area contributed by atoms with Crippen LogP contribution < -0.4 is 0 Å². The number of fused-ring (bicyclic) bond motifs is 5. The maximum Gasteiger partial charge on any atom is 0.302 e. The molecule has 0 aromatic heterocycles. The molecule has 4 saturated carbocycles. The molecule has 5 nitrogen and oxygen atoms in total. The fraction of sp³-hybridized carbons (Fsp3) is 0.913. The second kappa shape index (κ2) is 7.00. The zero-order valence-electron chi connectivity index (χ0n) is 17.8. The predicted molar refractivity (Wildman–Crippen MR) is 104 cm³/mol. The van der Waals surface area contributed by atoms with Crippen molar-refractivity contribution in [3.05, 3.63) is 0 Å². The second-order valence-corrected chi connectivity index (χ2v) is 10.5. The molecule has 0 radical (unpaired) electrons. The van der Waals surface area contributed by atoms with E-state index >= 15 is 0 Å². The largest absolute Gasteiger partial charge is 0.463 e. The molecule has 0 aliphatic heterocycles. The molecular formula is C23H36O5. The zero-order chi connectivity index (χ0) is 20.3. The third-order valence-electron chi connectivity index (χ3n) is 9.19. The van der Waals surface area contributed by atoms with Crippen LogP contribution in [0.5, 0.6) is 0 Å². The molecule has 0 spiro atoms. The Bertz CT molecular complexity index is 647. The molecule has 0 bridgehead atoms. The number of carbonyl (C=O) groups excluding carboxylic acids is 2. The second-order valence-electron chi connectivity index (χ2n) is 10.5. The predicted octanol–water partition coefficient (Wildman–Crippen LogP) is 3.86. The van der Waals surface area contributed by atoms with Gasteiger partial charge in [0, 0.05) is 19.3 Å². The molecule has 0 aromatic rings. The fourth-order valence-corrected chi connectivity index (χ4v) is 7.95. The molecule has 0 aromatic carbocycles. The van der Waals surface area contributed by atoms with Gasteiger partial charge in [-0.1, -0.05) is 13.8 Å². The van der Waals surface area contributed by atoms with Gasteiger partial charge in [0.2, 0.25) is 0 Å². The van der Waals surface area contributed by atoms with Gasteiger partial charge in [-0.3, -0.25) is 9.59 Å². The van der Waals surface area contributed by atoms with E-state index in [9.17, 15) is 14.7 Å². The average Bonchev–Trinajstić information content (AvgIpc) is 2.92. The summed E-state index contributed by atoms with van der Waals surface area (Å²) in [5.74, 6) is 1.45. The maximum absolute atomic E-state index is 11.6. The number of aliphatic hydroxyl groups excluding tert-OH is 1. The minimum atomic E-state index is -0.334. The van der Waals surface area contributed by atoms with Crippen molar-refractivity contribution in [3.63, 3.8) is 0 Å². The number of esters is 2. The molecule has 9 atom stereocenters. The van der Waals surface area contributed by atoms with Gasteiger partial charge in [-0.05, 0) is 80.5 Å². The highest BCUT2D eigenvalue weighted by Gasteiger charge is 2.62. The van der Waals surface area contributed by atoms with Crippen molar-refractivity contribution in [1.29, 1.82) is 0 Å². The maximum atomic E-state index is 11.6. The lowest BCUT2D eigenvalue weighted by molar-refractivity contribution is -0.187. The highest BCUT2D eigenvalue weighted by molar-refractivity contribution is 5.66. The van der Waals surface area contributed by atoms with E-state index in [4.69, 9.17) is 9.47 Å². The van der Waals surface area contributed by atoms with Crippen molar-refractivity contribution in [1.82, 2.24) is 0 Å². The van der Waals surface area contributed by atoms with Crippen molar-refractivity contribution >= 4 is 11.9 Å². The van der Waals surface area contributed by atoms with Crippen molar-refractivity contribution in [2.75, 3.05) is 0 Å². The number of aliphatic hydroxyl groups is 1. The summed E-state index contributed by atoms with van der Waals surface area (Å²) in [4.78, 5) is 23.0. The van der Waals surface area contributed by atoms with Crippen LogP contribution in [0.1, 0.15) is 79.1 Å². The Labute approximate surface area is 168 Å². The molecule has 4 aliphatic carbocycles. The molecule has 0 heterocycles. The first-order valence-corrected chi connectivity index (χ1v) is 11.2. The fourth-order valence-electron chi connectivity index (χ4n) is 7.95. The average molecular weight is 393 g/mol. The summed E-state index contributed by atoms with van der Waals surface area (Å²) in [5, 5.41) is 11.1. The van der Waals surface area contributed by atoms with Crippen molar-refractivity contribution in [2.24, 2.45) is 34.5 Å². The van der Waals surface area contributed by atoms with Crippen LogP contribution in [0.25, 0.3) is 0 Å². The number of ether oxygens (including phenoxy) is 2. The molecular weight excluding hydrogens is 356 g/mol. The van der Waals surface area contributed by atoms with Crippen molar-refractivity contribution in [3.8, 4) is 0 Å². The number of rotatable bonds is 2. The van der Waals surface area contributed by atoms with Crippen molar-refractivity contribution < 1.29 is 24.2 Å². The molecule has 158 valence electrons. The minimum Gasteiger partial charge on any atom is -0.463 e. The number of hydrogen-bond donors (Lipinski definition) is 1. The lowest BCUT2D eigenvalue weighted by Crippen LogP contribution is -2.58. The van der Waals surface area contributed by atoms with Gasteiger partial charge in [-0.2, -0.15) is 0 Å². The number of hydrogen-bond acceptors (Lipinski definition) is 5. The summed E-state index contributed by atoms with van der Waals surface area (Å²) in [6, 6.07) is 0. The summed E-state index contributed by atoms with van der Waals surface area (Å²) in [6.07, 6.45) is 7.49. The van der Waals surface area contributed by atoms with Gasteiger partial charge in [-0.15, -0.1) is 0 Å². The van der Waals surface area contributed by atoms with E-state index in [0.29, 0.717) is 17.8 Å². The Morgan fingerprint density at radius 2 is 1.46 bits per heavy atom. The molecule has 0 saturated heterocycles. The molecule has 4 fully saturated rings. The van der Waals surface area contributed by atoms with Crippen LogP contribution in [-0.2, 0) is 19.1 Å². The Morgan fingerprint density at radius 1 is 0.821 bits per heavy atom. The van der Waals surface area contributed by atoms with E-state index in [1.165, 1.54) is 13.8 Å². The van der Waals surface area contributed by atoms with Gasteiger partial charge in [0.15, 0.2) is 0 Å². The van der Waals surface area contributed by atoms with Crippen molar-refractivity contribution in [2.45, 2.75) is 97.4 Å². The molecule has 4 aliphatic rings.